The van der Waals surface area contributed by atoms with Gasteiger partial charge in [0, 0.05) is 30.9 Å². The number of carbonyl (C=O) groups is 2. The highest BCUT2D eigenvalue weighted by Gasteiger charge is 2.11. The molecular formula is C17H19N5O2. The summed E-state index contributed by atoms with van der Waals surface area (Å²) in [7, 11) is 0. The van der Waals surface area contributed by atoms with Gasteiger partial charge in [-0.3, -0.25) is 9.59 Å². The molecule has 1 aromatic carbocycles. The third kappa shape index (κ3) is 4.91. The van der Waals surface area contributed by atoms with Crippen LogP contribution in [0.2, 0.25) is 0 Å². The largest absolute Gasteiger partial charge is 0.366 e. The first-order valence-corrected chi connectivity index (χ1v) is 7.37. The Kier molecular flexibility index (Phi) is 5.62. The molecule has 1 heterocycles. The average Bonchev–Trinajstić information content (AvgIpc) is 2.53. The molecular weight excluding hydrogens is 306 g/mol. The minimum Gasteiger partial charge on any atom is -0.366 e. The molecule has 7 heteroatoms. The average molecular weight is 325 g/mol. The number of aryl methyl sites for hydroxylation is 1. The molecule has 2 aromatic rings. The summed E-state index contributed by atoms with van der Waals surface area (Å²) in [6, 6.07) is 8.40. The van der Waals surface area contributed by atoms with Crippen LogP contribution >= 0.6 is 0 Å². The van der Waals surface area contributed by atoms with Gasteiger partial charge >= 0.3 is 0 Å². The second-order valence-electron chi connectivity index (χ2n) is 5.07. The second-order valence-corrected chi connectivity index (χ2v) is 5.07. The molecule has 0 aliphatic rings. The molecule has 24 heavy (non-hydrogen) atoms. The van der Waals surface area contributed by atoms with Gasteiger partial charge in [0.25, 0.3) is 5.91 Å². The molecule has 0 bridgehead atoms. The Balaban J connectivity index is 2.10. The molecule has 0 saturated carbocycles. The van der Waals surface area contributed by atoms with Crippen molar-refractivity contribution in [3.8, 4) is 0 Å². The van der Waals surface area contributed by atoms with Gasteiger partial charge in [-0.25, -0.2) is 9.97 Å². The van der Waals surface area contributed by atoms with Crippen molar-refractivity contribution in [2.24, 2.45) is 0 Å². The van der Waals surface area contributed by atoms with E-state index in [9.17, 15) is 9.59 Å². The number of benzene rings is 1. The van der Waals surface area contributed by atoms with Gasteiger partial charge in [0.2, 0.25) is 5.91 Å². The van der Waals surface area contributed by atoms with Crippen molar-refractivity contribution in [1.29, 1.82) is 0 Å². The molecule has 7 nitrogen and oxygen atoms in total. The van der Waals surface area contributed by atoms with Crippen molar-refractivity contribution in [2.45, 2.75) is 13.8 Å². The van der Waals surface area contributed by atoms with Gasteiger partial charge in [-0.1, -0.05) is 6.08 Å². The molecule has 0 aliphatic carbocycles. The molecule has 124 valence electrons. The van der Waals surface area contributed by atoms with Crippen LogP contribution in [-0.4, -0.2) is 28.3 Å². The van der Waals surface area contributed by atoms with Crippen LogP contribution in [0.15, 0.2) is 43.0 Å². The van der Waals surface area contributed by atoms with E-state index >= 15 is 0 Å². The number of anilines is 3. The van der Waals surface area contributed by atoms with Crippen LogP contribution in [0.5, 0.6) is 0 Å². The van der Waals surface area contributed by atoms with Crippen LogP contribution < -0.4 is 16.0 Å². The summed E-state index contributed by atoms with van der Waals surface area (Å²) in [4.78, 5) is 31.7. The normalized spacial score (nSPS) is 9.92. The SMILES string of the molecule is C=CCNc1cc(C(=O)Nc2ccc(NC(C)=O)cc2)nc(C)n1. The lowest BCUT2D eigenvalue weighted by Crippen LogP contribution is -2.16. The van der Waals surface area contributed by atoms with Gasteiger partial charge in [-0.15, -0.1) is 6.58 Å². The minimum absolute atomic E-state index is 0.150. The fourth-order valence-electron chi connectivity index (χ4n) is 1.99. The summed E-state index contributed by atoms with van der Waals surface area (Å²) >= 11 is 0. The maximum atomic E-state index is 12.3. The highest BCUT2D eigenvalue weighted by molar-refractivity contribution is 6.03. The Morgan fingerprint density at radius 3 is 2.33 bits per heavy atom. The third-order valence-corrected chi connectivity index (χ3v) is 2.96. The summed E-state index contributed by atoms with van der Waals surface area (Å²) in [6.07, 6.45) is 1.70. The molecule has 0 aliphatic heterocycles. The third-order valence-electron chi connectivity index (χ3n) is 2.96. The van der Waals surface area contributed by atoms with E-state index in [1.165, 1.54) is 6.92 Å². The van der Waals surface area contributed by atoms with Crippen LogP contribution in [0.4, 0.5) is 17.2 Å². The number of hydrogen-bond donors (Lipinski definition) is 3. The molecule has 0 radical (unpaired) electrons. The molecule has 1 aromatic heterocycles. The topological polar surface area (TPSA) is 96.0 Å². The lowest BCUT2D eigenvalue weighted by molar-refractivity contribution is -0.114. The van der Waals surface area contributed by atoms with Crippen molar-refractivity contribution in [1.82, 2.24) is 9.97 Å². The quantitative estimate of drug-likeness (QED) is 0.709. The smallest absolute Gasteiger partial charge is 0.274 e. The van der Waals surface area contributed by atoms with Crippen LogP contribution in [0.3, 0.4) is 0 Å². The summed E-state index contributed by atoms with van der Waals surface area (Å²) in [5.41, 5.74) is 1.53. The van der Waals surface area contributed by atoms with Crippen molar-refractivity contribution in [2.75, 3.05) is 22.5 Å². The molecule has 2 rings (SSSR count). The molecule has 0 unspecified atom stereocenters. The van der Waals surface area contributed by atoms with Crippen molar-refractivity contribution in [3.63, 3.8) is 0 Å². The standard InChI is InChI=1S/C17H19N5O2/c1-4-9-18-16-10-15(19-11(2)20-16)17(24)22-14-7-5-13(6-8-14)21-12(3)23/h4-8,10H,1,9H2,2-3H3,(H,21,23)(H,22,24)(H,18,19,20). The molecule has 3 N–H and O–H groups in total. The predicted molar refractivity (Wildman–Crippen MR) is 94.2 cm³/mol. The van der Waals surface area contributed by atoms with Crippen molar-refractivity contribution in [3.05, 3.63) is 54.5 Å². The van der Waals surface area contributed by atoms with Crippen LogP contribution in [-0.2, 0) is 4.79 Å². The van der Waals surface area contributed by atoms with Gasteiger partial charge in [-0.05, 0) is 31.2 Å². The van der Waals surface area contributed by atoms with Gasteiger partial charge in [-0.2, -0.15) is 0 Å². The zero-order chi connectivity index (χ0) is 17.5. The van der Waals surface area contributed by atoms with E-state index in [0.29, 0.717) is 29.6 Å². The number of hydrogen-bond acceptors (Lipinski definition) is 5. The molecule has 2 amide bonds. The lowest BCUT2D eigenvalue weighted by Gasteiger charge is -2.09. The van der Waals surface area contributed by atoms with Crippen LogP contribution in [0.1, 0.15) is 23.2 Å². The monoisotopic (exact) mass is 325 g/mol. The summed E-state index contributed by atoms with van der Waals surface area (Å²) in [6.45, 7) is 7.32. The van der Waals surface area contributed by atoms with Gasteiger partial charge in [0.15, 0.2) is 0 Å². The Labute approximate surface area is 140 Å². The highest BCUT2D eigenvalue weighted by atomic mass is 16.2. The summed E-state index contributed by atoms with van der Waals surface area (Å²) < 4.78 is 0. The van der Waals surface area contributed by atoms with E-state index in [4.69, 9.17) is 0 Å². The molecule has 0 saturated heterocycles. The van der Waals surface area contributed by atoms with Crippen LogP contribution in [0.25, 0.3) is 0 Å². The maximum absolute atomic E-state index is 12.3. The Morgan fingerprint density at radius 1 is 1.12 bits per heavy atom. The Morgan fingerprint density at radius 2 is 1.75 bits per heavy atom. The number of aromatic nitrogens is 2. The van der Waals surface area contributed by atoms with E-state index in [2.05, 4.69) is 32.5 Å². The Bertz CT molecular complexity index is 756. The van der Waals surface area contributed by atoms with Gasteiger partial charge < -0.3 is 16.0 Å². The number of nitrogens with zero attached hydrogens (tertiary/aromatic N) is 2. The summed E-state index contributed by atoms with van der Waals surface area (Å²) in [5, 5.41) is 8.45. The van der Waals surface area contributed by atoms with E-state index in [1.807, 2.05) is 0 Å². The minimum atomic E-state index is -0.338. The molecule has 0 atom stereocenters. The highest BCUT2D eigenvalue weighted by Crippen LogP contribution is 2.15. The van der Waals surface area contributed by atoms with Gasteiger partial charge in [0.1, 0.15) is 17.3 Å². The summed E-state index contributed by atoms with van der Waals surface area (Å²) in [5.74, 6) is 0.570. The first kappa shape index (κ1) is 17.1. The molecule has 0 spiro atoms. The number of rotatable bonds is 6. The maximum Gasteiger partial charge on any atom is 0.274 e. The van der Waals surface area contributed by atoms with Crippen LogP contribution in [0, 0.1) is 6.92 Å². The predicted octanol–water partition coefficient (Wildman–Crippen LogP) is 2.59. The number of amides is 2. The van der Waals surface area contributed by atoms with E-state index in [0.717, 1.165) is 0 Å². The lowest BCUT2D eigenvalue weighted by atomic mass is 10.2. The zero-order valence-electron chi connectivity index (χ0n) is 13.6. The van der Waals surface area contributed by atoms with E-state index in [1.54, 1.807) is 43.3 Å². The number of nitrogens with one attached hydrogen (secondary N) is 3. The van der Waals surface area contributed by atoms with E-state index in [-0.39, 0.29) is 17.5 Å². The van der Waals surface area contributed by atoms with Gasteiger partial charge in [0.05, 0.1) is 0 Å². The van der Waals surface area contributed by atoms with Crippen molar-refractivity contribution < 1.29 is 9.59 Å². The van der Waals surface area contributed by atoms with Crippen molar-refractivity contribution >= 4 is 29.0 Å². The second kappa shape index (κ2) is 7.87. The fraction of sp³-hybridized carbons (Fsp3) is 0.176. The first-order valence-electron chi connectivity index (χ1n) is 7.37. The first-order chi connectivity index (χ1) is 11.5. The van der Waals surface area contributed by atoms with E-state index < -0.39 is 0 Å². The molecule has 0 fully saturated rings. The zero-order valence-corrected chi connectivity index (χ0v) is 13.6. The Hall–Kier alpha value is -3.22. The fourth-order valence-corrected chi connectivity index (χ4v) is 1.99. The number of carbonyl (C=O) groups excluding carboxylic acids is 2.